The Morgan fingerprint density at radius 3 is 2.67 bits per heavy atom. The summed E-state index contributed by atoms with van der Waals surface area (Å²) >= 11 is 1.32. The van der Waals surface area contributed by atoms with Crippen molar-refractivity contribution < 1.29 is 8.42 Å². The summed E-state index contributed by atoms with van der Waals surface area (Å²) in [5, 5.41) is 0. The molecule has 0 aliphatic heterocycles. The van der Waals surface area contributed by atoms with Gasteiger partial charge in [-0.15, -0.1) is 11.3 Å². The minimum absolute atomic E-state index is 0.369. The molecule has 1 rings (SSSR count). The molecule has 1 unspecified atom stereocenters. The third kappa shape index (κ3) is 3.78. The lowest BCUT2D eigenvalue weighted by atomic mass is 10.1. The zero-order valence-electron chi connectivity index (χ0n) is 11.2. The highest BCUT2D eigenvalue weighted by molar-refractivity contribution is 7.91. The van der Waals surface area contributed by atoms with Gasteiger partial charge in [0, 0.05) is 18.5 Å². The summed E-state index contributed by atoms with van der Waals surface area (Å²) in [5.74, 6) is 0.369. The maximum absolute atomic E-state index is 12.3. The second kappa shape index (κ2) is 6.65. The van der Waals surface area contributed by atoms with Crippen LogP contribution in [0.2, 0.25) is 0 Å². The summed E-state index contributed by atoms with van der Waals surface area (Å²) in [6.45, 7) is 5.22. The largest absolute Gasteiger partial charge is 0.330 e. The van der Waals surface area contributed by atoms with Crippen LogP contribution in [0.15, 0.2) is 16.3 Å². The second-order valence-electron chi connectivity index (χ2n) is 4.56. The normalized spacial score (nSPS) is 14.1. The van der Waals surface area contributed by atoms with Crippen LogP contribution in [0.25, 0.3) is 0 Å². The first kappa shape index (κ1) is 15.6. The zero-order valence-corrected chi connectivity index (χ0v) is 12.9. The first-order valence-corrected chi connectivity index (χ1v) is 8.42. The number of thiophene rings is 1. The van der Waals surface area contributed by atoms with Crippen LogP contribution in [0.5, 0.6) is 0 Å². The minimum atomic E-state index is -3.33. The summed E-state index contributed by atoms with van der Waals surface area (Å²) in [4.78, 5) is 1.02. The molecule has 104 valence electrons. The lowest BCUT2D eigenvalue weighted by molar-refractivity contribution is 0.394. The van der Waals surface area contributed by atoms with Gasteiger partial charge in [-0.05, 0) is 31.0 Å². The molecule has 0 bridgehead atoms. The Balaban J connectivity index is 2.84. The van der Waals surface area contributed by atoms with Crippen molar-refractivity contribution in [2.45, 2.75) is 30.9 Å². The van der Waals surface area contributed by atoms with Gasteiger partial charge in [-0.2, -0.15) is 4.31 Å². The van der Waals surface area contributed by atoms with E-state index < -0.39 is 10.0 Å². The lowest BCUT2D eigenvalue weighted by Crippen LogP contribution is -2.30. The van der Waals surface area contributed by atoms with Gasteiger partial charge in [-0.3, -0.25) is 0 Å². The highest BCUT2D eigenvalue weighted by Gasteiger charge is 2.23. The summed E-state index contributed by atoms with van der Waals surface area (Å²) in [6, 6.07) is 3.53. The molecule has 6 heteroatoms. The molecule has 0 amide bonds. The van der Waals surface area contributed by atoms with Crippen LogP contribution >= 0.6 is 11.3 Å². The maximum Gasteiger partial charge on any atom is 0.252 e. The summed E-state index contributed by atoms with van der Waals surface area (Å²) < 4.78 is 26.5. The Kier molecular flexibility index (Phi) is 5.78. The quantitative estimate of drug-likeness (QED) is 0.834. The number of nitrogens with zero attached hydrogens (tertiary/aromatic N) is 1. The van der Waals surface area contributed by atoms with Crippen LogP contribution in [0, 0.1) is 5.92 Å². The first-order chi connectivity index (χ1) is 8.41. The van der Waals surface area contributed by atoms with E-state index in [1.165, 1.54) is 15.6 Å². The van der Waals surface area contributed by atoms with Gasteiger partial charge in [0.2, 0.25) is 0 Å². The monoisotopic (exact) mass is 290 g/mol. The molecule has 2 N–H and O–H groups in total. The fraction of sp³-hybridized carbons (Fsp3) is 0.667. The van der Waals surface area contributed by atoms with Crippen LogP contribution in [0.4, 0.5) is 0 Å². The van der Waals surface area contributed by atoms with Gasteiger partial charge >= 0.3 is 0 Å². The molecule has 4 nitrogen and oxygen atoms in total. The molecule has 0 fully saturated rings. The fourth-order valence-electron chi connectivity index (χ4n) is 1.59. The Morgan fingerprint density at radius 1 is 1.44 bits per heavy atom. The molecule has 0 aromatic carbocycles. The molecule has 1 aromatic heterocycles. The first-order valence-electron chi connectivity index (χ1n) is 6.17. The van der Waals surface area contributed by atoms with E-state index in [0.29, 0.717) is 23.2 Å². The summed E-state index contributed by atoms with van der Waals surface area (Å²) in [5.41, 5.74) is 5.47. The molecule has 0 spiro atoms. The third-order valence-electron chi connectivity index (χ3n) is 2.96. The van der Waals surface area contributed by atoms with E-state index >= 15 is 0 Å². The molecular formula is C12H22N2O2S2. The highest BCUT2D eigenvalue weighted by Crippen LogP contribution is 2.25. The van der Waals surface area contributed by atoms with Crippen molar-refractivity contribution in [3.8, 4) is 0 Å². The minimum Gasteiger partial charge on any atom is -0.330 e. The second-order valence-corrected chi connectivity index (χ2v) is 8.00. The highest BCUT2D eigenvalue weighted by atomic mass is 32.2. The summed E-state index contributed by atoms with van der Waals surface area (Å²) in [7, 11) is -1.69. The smallest absolute Gasteiger partial charge is 0.252 e. The van der Waals surface area contributed by atoms with E-state index in [4.69, 9.17) is 5.73 Å². The van der Waals surface area contributed by atoms with E-state index in [2.05, 4.69) is 13.8 Å². The third-order valence-corrected chi connectivity index (χ3v) is 6.39. The zero-order chi connectivity index (χ0) is 13.8. The number of hydrogen-bond acceptors (Lipinski definition) is 4. The fourth-order valence-corrected chi connectivity index (χ4v) is 4.47. The van der Waals surface area contributed by atoms with Crippen molar-refractivity contribution in [2.75, 3.05) is 20.1 Å². The predicted octanol–water partition coefficient (Wildman–Crippen LogP) is 1.92. The Hall–Kier alpha value is -0.430. The number of rotatable bonds is 7. The molecule has 0 aliphatic carbocycles. The molecule has 1 heterocycles. The molecule has 18 heavy (non-hydrogen) atoms. The van der Waals surface area contributed by atoms with Gasteiger partial charge in [0.15, 0.2) is 0 Å². The standard InChI is InChI=1S/C12H22N2O2S2/c1-4-10(2)9-14(3)18(15,16)12-6-5-11(17-12)7-8-13/h5-6,10H,4,7-9,13H2,1-3H3. The van der Waals surface area contributed by atoms with Crippen molar-refractivity contribution in [1.29, 1.82) is 0 Å². The number of hydrogen-bond donors (Lipinski definition) is 1. The SMILES string of the molecule is CCC(C)CN(C)S(=O)(=O)c1ccc(CCN)s1. The molecule has 0 radical (unpaired) electrons. The van der Waals surface area contributed by atoms with Crippen LogP contribution in [-0.2, 0) is 16.4 Å². The van der Waals surface area contributed by atoms with Crippen molar-refractivity contribution in [2.24, 2.45) is 11.7 Å². The van der Waals surface area contributed by atoms with Gasteiger partial charge in [0.1, 0.15) is 4.21 Å². The van der Waals surface area contributed by atoms with Crippen LogP contribution in [-0.4, -0.2) is 32.9 Å². The van der Waals surface area contributed by atoms with E-state index in [0.717, 1.165) is 17.7 Å². The number of nitrogens with two attached hydrogens (primary N) is 1. The van der Waals surface area contributed by atoms with Crippen LogP contribution in [0.3, 0.4) is 0 Å². The average molecular weight is 290 g/mol. The van der Waals surface area contributed by atoms with Gasteiger partial charge in [-0.25, -0.2) is 8.42 Å². The Morgan fingerprint density at radius 2 is 2.11 bits per heavy atom. The maximum atomic E-state index is 12.3. The van der Waals surface area contributed by atoms with Crippen molar-refractivity contribution in [1.82, 2.24) is 4.31 Å². The average Bonchev–Trinajstić information content (AvgIpc) is 2.78. The van der Waals surface area contributed by atoms with Crippen LogP contribution in [0.1, 0.15) is 25.1 Å². The molecule has 1 atom stereocenters. The Labute approximate surface area is 114 Å². The molecule has 0 aliphatic rings. The summed E-state index contributed by atoms with van der Waals surface area (Å²) in [6.07, 6.45) is 1.71. The van der Waals surface area contributed by atoms with E-state index in [-0.39, 0.29) is 0 Å². The molecule has 1 aromatic rings. The van der Waals surface area contributed by atoms with E-state index in [9.17, 15) is 8.42 Å². The van der Waals surface area contributed by atoms with Crippen molar-refractivity contribution >= 4 is 21.4 Å². The van der Waals surface area contributed by atoms with E-state index in [1.807, 2.05) is 6.07 Å². The van der Waals surface area contributed by atoms with E-state index in [1.54, 1.807) is 13.1 Å². The predicted molar refractivity (Wildman–Crippen MR) is 76.3 cm³/mol. The lowest BCUT2D eigenvalue weighted by Gasteiger charge is -2.19. The van der Waals surface area contributed by atoms with Crippen LogP contribution < -0.4 is 5.73 Å². The number of sulfonamides is 1. The van der Waals surface area contributed by atoms with Gasteiger partial charge in [0.25, 0.3) is 10.0 Å². The molecule has 0 saturated carbocycles. The van der Waals surface area contributed by atoms with Gasteiger partial charge in [-0.1, -0.05) is 20.3 Å². The van der Waals surface area contributed by atoms with Crippen molar-refractivity contribution in [3.63, 3.8) is 0 Å². The topological polar surface area (TPSA) is 63.4 Å². The molecule has 0 saturated heterocycles. The van der Waals surface area contributed by atoms with Gasteiger partial charge < -0.3 is 5.73 Å². The molecular weight excluding hydrogens is 268 g/mol. The Bertz CT molecular complexity index is 468. The van der Waals surface area contributed by atoms with Gasteiger partial charge in [0.05, 0.1) is 0 Å². The van der Waals surface area contributed by atoms with Crippen molar-refractivity contribution in [3.05, 3.63) is 17.0 Å².